The van der Waals surface area contributed by atoms with E-state index in [9.17, 15) is 13.2 Å². The minimum absolute atomic E-state index is 0.289. The number of rotatable bonds is 5. The lowest BCUT2D eigenvalue weighted by Gasteiger charge is -2.28. The van der Waals surface area contributed by atoms with E-state index in [1.54, 1.807) is 23.5 Å². The fourth-order valence-corrected chi connectivity index (χ4v) is 5.49. The molecule has 2 amide bonds. The monoisotopic (exact) mass is 441 g/mol. The Balaban J connectivity index is 1.45. The average Bonchev–Trinajstić information content (AvgIpc) is 3.26. The van der Waals surface area contributed by atoms with Crippen LogP contribution in [0.15, 0.2) is 64.9 Å². The number of nitrogens with zero attached hydrogens (tertiary/aromatic N) is 1. The number of amides is 2. The number of urea groups is 1. The largest absolute Gasteiger partial charge is 0.333 e. The summed E-state index contributed by atoms with van der Waals surface area (Å²) in [7, 11) is -3.56. The molecule has 6 nitrogen and oxygen atoms in total. The second kappa shape index (κ2) is 8.59. The SMILES string of the molecule is Cc1ccc(S(=O)(=O)N2CCc3ccc(NC(=O)NCc4cccs4)cc3C2)cc1. The van der Waals surface area contributed by atoms with E-state index in [4.69, 9.17) is 0 Å². The number of anilines is 1. The second-order valence-electron chi connectivity index (χ2n) is 7.27. The van der Waals surface area contributed by atoms with Crippen LogP contribution in [0.5, 0.6) is 0 Å². The number of sulfonamides is 1. The van der Waals surface area contributed by atoms with Gasteiger partial charge < -0.3 is 10.6 Å². The lowest BCUT2D eigenvalue weighted by molar-refractivity contribution is 0.252. The Bertz CT molecular complexity index is 1140. The van der Waals surface area contributed by atoms with Gasteiger partial charge in [0.05, 0.1) is 11.4 Å². The van der Waals surface area contributed by atoms with Crippen LogP contribution < -0.4 is 10.6 Å². The summed E-state index contributed by atoms with van der Waals surface area (Å²) in [6.45, 7) is 3.13. The quantitative estimate of drug-likeness (QED) is 0.625. The lowest BCUT2D eigenvalue weighted by atomic mass is 10.0. The molecule has 1 aliphatic rings. The summed E-state index contributed by atoms with van der Waals surface area (Å²) in [6.07, 6.45) is 0.644. The number of hydrogen-bond acceptors (Lipinski definition) is 4. The molecule has 0 aliphatic carbocycles. The van der Waals surface area contributed by atoms with Crippen molar-refractivity contribution in [1.82, 2.24) is 9.62 Å². The van der Waals surface area contributed by atoms with Crippen LogP contribution in [-0.4, -0.2) is 25.3 Å². The molecule has 2 heterocycles. The molecule has 0 bridgehead atoms. The van der Waals surface area contributed by atoms with E-state index < -0.39 is 10.0 Å². The zero-order chi connectivity index (χ0) is 21.1. The summed E-state index contributed by atoms with van der Waals surface area (Å²) in [5.41, 5.74) is 3.68. The molecule has 2 aromatic carbocycles. The van der Waals surface area contributed by atoms with Crippen molar-refractivity contribution < 1.29 is 13.2 Å². The molecule has 3 aromatic rings. The molecule has 30 heavy (non-hydrogen) atoms. The Labute approximate surface area is 180 Å². The second-order valence-corrected chi connectivity index (χ2v) is 10.2. The summed E-state index contributed by atoms with van der Waals surface area (Å²) in [5.74, 6) is 0. The number of carbonyl (C=O) groups excluding carboxylic acids is 1. The lowest BCUT2D eigenvalue weighted by Crippen LogP contribution is -2.36. The molecule has 0 atom stereocenters. The molecule has 1 aliphatic heterocycles. The van der Waals surface area contributed by atoms with E-state index in [1.807, 2.05) is 54.8 Å². The van der Waals surface area contributed by atoms with Crippen LogP contribution in [0.2, 0.25) is 0 Å². The Morgan fingerprint density at radius 3 is 2.63 bits per heavy atom. The van der Waals surface area contributed by atoms with Gasteiger partial charge in [0, 0.05) is 23.7 Å². The van der Waals surface area contributed by atoms with E-state index in [0.29, 0.717) is 30.1 Å². The van der Waals surface area contributed by atoms with Gasteiger partial charge in [-0.15, -0.1) is 11.3 Å². The van der Waals surface area contributed by atoms with Gasteiger partial charge >= 0.3 is 6.03 Å². The van der Waals surface area contributed by atoms with E-state index in [1.165, 1.54) is 4.31 Å². The number of nitrogens with one attached hydrogen (secondary N) is 2. The summed E-state index contributed by atoms with van der Waals surface area (Å²) in [5, 5.41) is 7.63. The average molecular weight is 442 g/mol. The van der Waals surface area contributed by atoms with Crippen LogP contribution in [0.4, 0.5) is 10.5 Å². The zero-order valence-electron chi connectivity index (χ0n) is 16.6. The third-order valence-electron chi connectivity index (χ3n) is 5.10. The van der Waals surface area contributed by atoms with Crippen molar-refractivity contribution in [2.75, 3.05) is 11.9 Å². The van der Waals surface area contributed by atoms with Crippen LogP contribution in [0.1, 0.15) is 21.6 Å². The first kappa shape index (κ1) is 20.6. The summed E-state index contributed by atoms with van der Waals surface area (Å²) >= 11 is 1.59. The molecule has 0 unspecified atom stereocenters. The Morgan fingerprint density at radius 1 is 1.10 bits per heavy atom. The molecular weight excluding hydrogens is 418 g/mol. The molecular formula is C22H23N3O3S2. The van der Waals surface area contributed by atoms with Gasteiger partial charge in [0.1, 0.15) is 0 Å². The van der Waals surface area contributed by atoms with Crippen molar-refractivity contribution in [2.24, 2.45) is 0 Å². The summed E-state index contributed by atoms with van der Waals surface area (Å²) in [6, 6.07) is 16.2. The van der Waals surface area contributed by atoms with Gasteiger partial charge in [-0.2, -0.15) is 4.31 Å². The van der Waals surface area contributed by atoms with Crippen LogP contribution in [0.25, 0.3) is 0 Å². The highest BCUT2D eigenvalue weighted by molar-refractivity contribution is 7.89. The smallest absolute Gasteiger partial charge is 0.319 e. The number of hydrogen-bond donors (Lipinski definition) is 2. The predicted molar refractivity (Wildman–Crippen MR) is 119 cm³/mol. The van der Waals surface area contributed by atoms with Gasteiger partial charge in [0.25, 0.3) is 0 Å². The Kier molecular flexibility index (Phi) is 5.90. The Morgan fingerprint density at radius 2 is 1.90 bits per heavy atom. The zero-order valence-corrected chi connectivity index (χ0v) is 18.2. The molecule has 0 radical (unpaired) electrons. The minimum atomic E-state index is -3.56. The van der Waals surface area contributed by atoms with Crippen molar-refractivity contribution in [3.05, 3.63) is 81.5 Å². The van der Waals surface area contributed by atoms with Crippen LogP contribution in [-0.2, 0) is 29.5 Å². The van der Waals surface area contributed by atoms with Gasteiger partial charge in [-0.3, -0.25) is 0 Å². The maximum Gasteiger partial charge on any atom is 0.319 e. The molecule has 2 N–H and O–H groups in total. The highest BCUT2D eigenvalue weighted by Crippen LogP contribution is 2.27. The molecule has 156 valence electrons. The van der Waals surface area contributed by atoms with E-state index in [-0.39, 0.29) is 12.6 Å². The highest BCUT2D eigenvalue weighted by atomic mass is 32.2. The topological polar surface area (TPSA) is 78.5 Å². The van der Waals surface area contributed by atoms with Crippen molar-refractivity contribution in [2.45, 2.75) is 31.3 Å². The van der Waals surface area contributed by atoms with Crippen LogP contribution in [0.3, 0.4) is 0 Å². The number of fused-ring (bicyclic) bond motifs is 1. The first-order chi connectivity index (χ1) is 14.4. The molecule has 0 spiro atoms. The first-order valence-corrected chi connectivity index (χ1v) is 12.0. The fraction of sp³-hybridized carbons (Fsp3) is 0.227. The molecule has 0 saturated carbocycles. The van der Waals surface area contributed by atoms with Gasteiger partial charge in [-0.1, -0.05) is 29.8 Å². The molecule has 1 aromatic heterocycles. The highest BCUT2D eigenvalue weighted by Gasteiger charge is 2.28. The van der Waals surface area contributed by atoms with Gasteiger partial charge in [0.15, 0.2) is 0 Å². The van der Waals surface area contributed by atoms with E-state index in [0.717, 1.165) is 21.6 Å². The molecule has 0 fully saturated rings. The maximum absolute atomic E-state index is 13.0. The van der Waals surface area contributed by atoms with Crippen molar-refractivity contribution >= 4 is 33.1 Å². The molecule has 8 heteroatoms. The first-order valence-electron chi connectivity index (χ1n) is 9.68. The van der Waals surface area contributed by atoms with Crippen LogP contribution >= 0.6 is 11.3 Å². The normalized spacial score (nSPS) is 14.2. The predicted octanol–water partition coefficient (Wildman–Crippen LogP) is 4.13. The van der Waals surface area contributed by atoms with E-state index >= 15 is 0 Å². The molecule has 0 saturated heterocycles. The number of benzene rings is 2. The van der Waals surface area contributed by atoms with E-state index in [2.05, 4.69) is 10.6 Å². The number of carbonyl (C=O) groups is 1. The van der Waals surface area contributed by atoms with Crippen LogP contribution in [0, 0.1) is 6.92 Å². The third kappa shape index (κ3) is 4.56. The van der Waals surface area contributed by atoms with Crippen molar-refractivity contribution in [1.29, 1.82) is 0 Å². The van der Waals surface area contributed by atoms with Crippen molar-refractivity contribution in [3.8, 4) is 0 Å². The fourth-order valence-electron chi connectivity index (χ4n) is 3.43. The Hall–Kier alpha value is -2.68. The minimum Gasteiger partial charge on any atom is -0.333 e. The molecule has 4 rings (SSSR count). The van der Waals surface area contributed by atoms with Gasteiger partial charge in [-0.05, 0) is 60.2 Å². The summed E-state index contributed by atoms with van der Waals surface area (Å²) in [4.78, 5) is 13.6. The number of thiophene rings is 1. The van der Waals surface area contributed by atoms with Gasteiger partial charge in [0.2, 0.25) is 10.0 Å². The van der Waals surface area contributed by atoms with Gasteiger partial charge in [-0.25, -0.2) is 13.2 Å². The third-order valence-corrected chi connectivity index (χ3v) is 7.84. The van der Waals surface area contributed by atoms with Crippen molar-refractivity contribution in [3.63, 3.8) is 0 Å². The number of aryl methyl sites for hydroxylation is 1. The summed E-state index contributed by atoms with van der Waals surface area (Å²) < 4.78 is 27.5. The standard InChI is InChI=1S/C22H23N3O3S2/c1-16-4-8-21(9-5-16)30(27,28)25-11-10-17-6-7-19(13-18(17)15-25)24-22(26)23-14-20-3-2-12-29-20/h2-9,12-13H,10-11,14-15H2,1H3,(H2,23,24,26). The maximum atomic E-state index is 13.0.